The molecule has 0 amide bonds. The van der Waals surface area contributed by atoms with Gasteiger partial charge in [0.25, 0.3) is 0 Å². The Morgan fingerprint density at radius 1 is 1.20 bits per heavy atom. The summed E-state index contributed by atoms with van der Waals surface area (Å²) < 4.78 is 11.3. The molecule has 90 valence electrons. The lowest BCUT2D eigenvalue weighted by Crippen LogP contribution is -2.41. The van der Waals surface area contributed by atoms with Crippen molar-refractivity contribution in [1.29, 1.82) is 0 Å². The van der Waals surface area contributed by atoms with E-state index >= 15 is 0 Å². The van der Waals surface area contributed by atoms with Crippen LogP contribution in [-0.2, 0) is 9.47 Å². The van der Waals surface area contributed by atoms with E-state index in [9.17, 15) is 0 Å². The Morgan fingerprint density at radius 3 is 2.20 bits per heavy atom. The van der Waals surface area contributed by atoms with E-state index in [1.54, 1.807) is 0 Å². The largest absolute Gasteiger partial charge is 0.377 e. The molecule has 1 saturated heterocycles. The predicted octanol–water partition coefficient (Wildman–Crippen LogP) is 1.80. The molecule has 3 nitrogen and oxygen atoms in total. The van der Waals surface area contributed by atoms with E-state index in [1.807, 2.05) is 13.8 Å². The lowest BCUT2D eigenvalue weighted by Gasteiger charge is -2.26. The standard InChI is InChI=1S/C12H25NO2/c1-7(2)14-6-11(13)12-8(3)9(4)15-10(12)5/h7-12H,6,13H2,1-5H3. The predicted molar refractivity (Wildman–Crippen MR) is 61.7 cm³/mol. The van der Waals surface area contributed by atoms with Gasteiger partial charge in [-0.2, -0.15) is 0 Å². The molecule has 0 aromatic rings. The van der Waals surface area contributed by atoms with E-state index in [-0.39, 0.29) is 18.2 Å². The molecule has 1 aliphatic heterocycles. The Hall–Kier alpha value is -0.120. The van der Waals surface area contributed by atoms with Gasteiger partial charge in [-0.25, -0.2) is 0 Å². The highest BCUT2D eigenvalue weighted by molar-refractivity contribution is 4.90. The monoisotopic (exact) mass is 215 g/mol. The van der Waals surface area contributed by atoms with Gasteiger partial charge in [0.05, 0.1) is 24.9 Å². The third kappa shape index (κ3) is 3.16. The molecule has 0 spiro atoms. The topological polar surface area (TPSA) is 44.5 Å². The van der Waals surface area contributed by atoms with Gasteiger partial charge in [-0.1, -0.05) is 6.92 Å². The Morgan fingerprint density at radius 2 is 1.80 bits per heavy atom. The second kappa shape index (κ2) is 5.28. The van der Waals surface area contributed by atoms with Crippen molar-refractivity contribution in [1.82, 2.24) is 0 Å². The maximum absolute atomic E-state index is 6.17. The second-order valence-corrected chi connectivity index (χ2v) is 5.03. The second-order valence-electron chi connectivity index (χ2n) is 5.03. The number of nitrogens with two attached hydrogens (primary N) is 1. The minimum Gasteiger partial charge on any atom is -0.377 e. The van der Waals surface area contributed by atoms with E-state index in [0.717, 1.165) is 0 Å². The molecule has 2 N–H and O–H groups in total. The molecule has 0 aliphatic carbocycles. The first kappa shape index (κ1) is 12.9. The third-order valence-electron chi connectivity index (χ3n) is 3.44. The molecule has 15 heavy (non-hydrogen) atoms. The minimum absolute atomic E-state index is 0.0855. The van der Waals surface area contributed by atoms with Crippen LogP contribution in [0.15, 0.2) is 0 Å². The lowest BCUT2D eigenvalue weighted by atomic mass is 9.84. The first-order valence-corrected chi connectivity index (χ1v) is 5.96. The van der Waals surface area contributed by atoms with Crippen molar-refractivity contribution in [2.24, 2.45) is 17.6 Å². The third-order valence-corrected chi connectivity index (χ3v) is 3.44. The first-order chi connectivity index (χ1) is 6.93. The Balaban J connectivity index is 2.47. The van der Waals surface area contributed by atoms with E-state index < -0.39 is 0 Å². The van der Waals surface area contributed by atoms with E-state index in [0.29, 0.717) is 24.5 Å². The van der Waals surface area contributed by atoms with Gasteiger partial charge in [0, 0.05) is 12.0 Å². The van der Waals surface area contributed by atoms with Gasteiger partial charge in [0.2, 0.25) is 0 Å². The molecule has 1 fully saturated rings. The summed E-state index contributed by atoms with van der Waals surface area (Å²) in [6.45, 7) is 11.2. The van der Waals surface area contributed by atoms with E-state index in [4.69, 9.17) is 15.2 Å². The summed E-state index contributed by atoms with van der Waals surface area (Å²) >= 11 is 0. The van der Waals surface area contributed by atoms with Crippen LogP contribution in [0.1, 0.15) is 34.6 Å². The zero-order valence-electron chi connectivity index (χ0n) is 10.6. The van der Waals surface area contributed by atoms with Gasteiger partial charge in [-0.3, -0.25) is 0 Å². The lowest BCUT2D eigenvalue weighted by molar-refractivity contribution is 0.0295. The average Bonchev–Trinajstić information content (AvgIpc) is 2.37. The fraction of sp³-hybridized carbons (Fsp3) is 1.00. The van der Waals surface area contributed by atoms with Crippen molar-refractivity contribution in [3.63, 3.8) is 0 Å². The first-order valence-electron chi connectivity index (χ1n) is 5.96. The van der Waals surface area contributed by atoms with Crippen LogP contribution in [0.3, 0.4) is 0 Å². The summed E-state index contributed by atoms with van der Waals surface area (Å²) in [4.78, 5) is 0. The molecule has 1 rings (SSSR count). The molecule has 0 saturated carbocycles. The maximum atomic E-state index is 6.17. The van der Waals surface area contributed by atoms with Crippen LogP contribution in [0.2, 0.25) is 0 Å². The molecule has 5 unspecified atom stereocenters. The molecule has 0 bridgehead atoms. The Labute approximate surface area is 93.3 Å². The van der Waals surface area contributed by atoms with Crippen molar-refractivity contribution < 1.29 is 9.47 Å². The molecule has 0 radical (unpaired) electrons. The average molecular weight is 215 g/mol. The summed E-state index contributed by atoms with van der Waals surface area (Å²) in [6, 6.07) is 0.0855. The zero-order chi connectivity index (χ0) is 11.6. The number of hydrogen-bond donors (Lipinski definition) is 1. The molecular formula is C12H25NO2. The highest BCUT2D eigenvalue weighted by Crippen LogP contribution is 2.33. The van der Waals surface area contributed by atoms with E-state index in [1.165, 1.54) is 0 Å². The summed E-state index contributed by atoms with van der Waals surface area (Å²) in [5, 5.41) is 0. The van der Waals surface area contributed by atoms with Crippen LogP contribution < -0.4 is 5.73 Å². The molecule has 3 heteroatoms. The number of ether oxygens (including phenoxy) is 2. The van der Waals surface area contributed by atoms with Gasteiger partial charge in [-0.05, 0) is 33.6 Å². The smallest absolute Gasteiger partial charge is 0.0624 e. The van der Waals surface area contributed by atoms with Gasteiger partial charge in [0.1, 0.15) is 0 Å². The molecule has 1 heterocycles. The maximum Gasteiger partial charge on any atom is 0.0624 e. The highest BCUT2D eigenvalue weighted by atomic mass is 16.5. The van der Waals surface area contributed by atoms with Gasteiger partial charge < -0.3 is 15.2 Å². The van der Waals surface area contributed by atoms with Crippen LogP contribution in [0, 0.1) is 11.8 Å². The summed E-state index contributed by atoms with van der Waals surface area (Å²) in [6.07, 6.45) is 0.817. The van der Waals surface area contributed by atoms with Crippen LogP contribution >= 0.6 is 0 Å². The van der Waals surface area contributed by atoms with Crippen molar-refractivity contribution >= 4 is 0 Å². The number of hydrogen-bond acceptors (Lipinski definition) is 3. The molecule has 0 aromatic heterocycles. The van der Waals surface area contributed by atoms with Crippen LogP contribution in [0.4, 0.5) is 0 Å². The van der Waals surface area contributed by atoms with Crippen LogP contribution in [0.25, 0.3) is 0 Å². The van der Waals surface area contributed by atoms with Gasteiger partial charge in [0.15, 0.2) is 0 Å². The fourth-order valence-corrected chi connectivity index (χ4v) is 2.45. The summed E-state index contributed by atoms with van der Waals surface area (Å²) in [7, 11) is 0. The van der Waals surface area contributed by atoms with Crippen molar-refractivity contribution in [2.75, 3.05) is 6.61 Å². The summed E-state index contributed by atoms with van der Waals surface area (Å²) in [5.74, 6) is 0.935. The normalized spacial score (nSPS) is 38.6. The molecule has 5 atom stereocenters. The molecule has 0 aromatic carbocycles. The van der Waals surface area contributed by atoms with Crippen molar-refractivity contribution in [3.8, 4) is 0 Å². The van der Waals surface area contributed by atoms with Gasteiger partial charge >= 0.3 is 0 Å². The molecule has 1 aliphatic rings. The highest BCUT2D eigenvalue weighted by Gasteiger charge is 2.40. The minimum atomic E-state index is 0.0855. The number of rotatable bonds is 4. The molecular weight excluding hydrogens is 190 g/mol. The Bertz CT molecular complexity index is 196. The summed E-state index contributed by atoms with van der Waals surface area (Å²) in [5.41, 5.74) is 6.17. The Kier molecular flexibility index (Phi) is 4.56. The van der Waals surface area contributed by atoms with Crippen LogP contribution in [0.5, 0.6) is 0 Å². The zero-order valence-corrected chi connectivity index (χ0v) is 10.6. The van der Waals surface area contributed by atoms with Crippen molar-refractivity contribution in [2.45, 2.75) is 59.0 Å². The van der Waals surface area contributed by atoms with Gasteiger partial charge in [-0.15, -0.1) is 0 Å². The quantitative estimate of drug-likeness (QED) is 0.777. The fourth-order valence-electron chi connectivity index (χ4n) is 2.45. The van der Waals surface area contributed by atoms with Crippen molar-refractivity contribution in [3.05, 3.63) is 0 Å². The SMILES string of the molecule is CC(C)OCC(N)C1C(C)OC(C)C1C. The van der Waals surface area contributed by atoms with E-state index in [2.05, 4.69) is 20.8 Å². The van der Waals surface area contributed by atoms with Crippen LogP contribution in [-0.4, -0.2) is 31.0 Å².